The van der Waals surface area contributed by atoms with Crippen molar-refractivity contribution in [1.29, 1.82) is 0 Å². The summed E-state index contributed by atoms with van der Waals surface area (Å²) in [4.78, 5) is 11.1. The Bertz CT molecular complexity index is 347. The normalized spacial score (nSPS) is 11.1. The molecule has 0 unspecified atom stereocenters. The smallest absolute Gasteiger partial charge is 0.337 e. The maximum Gasteiger partial charge on any atom is 0.337 e. The largest absolute Gasteiger partial charge is 0.465 e. The number of carbonyl (C=O) groups is 1. The van der Waals surface area contributed by atoms with Gasteiger partial charge in [0.25, 0.3) is 0 Å². The predicted molar refractivity (Wildman–Crippen MR) is 58.4 cm³/mol. The first-order chi connectivity index (χ1) is 6.45. The highest BCUT2D eigenvalue weighted by Crippen LogP contribution is 2.39. The van der Waals surface area contributed by atoms with Gasteiger partial charge in [0.2, 0.25) is 3.49 Å². The van der Waals surface area contributed by atoms with E-state index in [-0.39, 0.29) is 0 Å². The Morgan fingerprint density at radius 1 is 1.50 bits per heavy atom. The standard InChI is InChI=1S/C9H7Br2FO2/c1-14-8(13)6-3-2-4-7(5-6)9(10,11)12/h2-5H,1H3. The lowest BCUT2D eigenvalue weighted by Crippen LogP contribution is -2.05. The van der Waals surface area contributed by atoms with Crippen molar-refractivity contribution in [2.45, 2.75) is 3.49 Å². The van der Waals surface area contributed by atoms with E-state index >= 15 is 0 Å². The van der Waals surface area contributed by atoms with E-state index in [9.17, 15) is 9.18 Å². The van der Waals surface area contributed by atoms with Gasteiger partial charge in [-0.15, -0.1) is 0 Å². The van der Waals surface area contributed by atoms with Gasteiger partial charge >= 0.3 is 5.97 Å². The molecular formula is C9H7Br2FO2. The fraction of sp³-hybridized carbons (Fsp3) is 0.222. The Balaban J connectivity index is 3.08. The summed E-state index contributed by atoms with van der Waals surface area (Å²) in [6.45, 7) is 0. The maximum absolute atomic E-state index is 13.3. The molecule has 0 atom stereocenters. The third-order valence-electron chi connectivity index (χ3n) is 1.61. The first kappa shape index (κ1) is 11.7. The summed E-state index contributed by atoms with van der Waals surface area (Å²) in [6, 6.07) is 6.10. The van der Waals surface area contributed by atoms with Gasteiger partial charge in [-0.2, -0.15) is 0 Å². The lowest BCUT2D eigenvalue weighted by molar-refractivity contribution is 0.0600. The van der Waals surface area contributed by atoms with Crippen molar-refractivity contribution >= 4 is 37.8 Å². The first-order valence-corrected chi connectivity index (χ1v) is 5.29. The fourth-order valence-corrected chi connectivity index (χ4v) is 1.43. The first-order valence-electron chi connectivity index (χ1n) is 3.70. The fourth-order valence-electron chi connectivity index (χ4n) is 0.940. The lowest BCUT2D eigenvalue weighted by atomic mass is 10.1. The molecule has 0 aromatic heterocycles. The van der Waals surface area contributed by atoms with Crippen LogP contribution in [-0.4, -0.2) is 13.1 Å². The summed E-state index contributed by atoms with van der Waals surface area (Å²) in [5.41, 5.74) is 0.617. The van der Waals surface area contributed by atoms with E-state index in [1.807, 2.05) is 0 Å². The van der Waals surface area contributed by atoms with Crippen molar-refractivity contribution in [3.05, 3.63) is 35.4 Å². The molecule has 0 saturated heterocycles. The number of methoxy groups -OCH3 is 1. The molecule has 0 heterocycles. The van der Waals surface area contributed by atoms with E-state index in [1.54, 1.807) is 18.2 Å². The summed E-state index contributed by atoms with van der Waals surface area (Å²) in [6.07, 6.45) is 0. The lowest BCUT2D eigenvalue weighted by Gasteiger charge is -2.10. The van der Waals surface area contributed by atoms with Crippen LogP contribution in [0.4, 0.5) is 4.39 Å². The van der Waals surface area contributed by atoms with Crippen LogP contribution in [0.2, 0.25) is 0 Å². The van der Waals surface area contributed by atoms with Crippen LogP contribution in [0.15, 0.2) is 24.3 Å². The molecule has 14 heavy (non-hydrogen) atoms. The second-order valence-corrected chi connectivity index (χ2v) is 5.82. The number of rotatable bonds is 2. The molecule has 0 radical (unpaired) electrons. The zero-order valence-corrected chi connectivity index (χ0v) is 10.4. The van der Waals surface area contributed by atoms with Gasteiger partial charge in [-0.25, -0.2) is 9.18 Å². The van der Waals surface area contributed by atoms with Gasteiger partial charge in [0.1, 0.15) is 0 Å². The molecule has 0 bridgehead atoms. The van der Waals surface area contributed by atoms with Gasteiger partial charge in [-0.3, -0.25) is 0 Å². The average Bonchev–Trinajstić information content (AvgIpc) is 2.15. The Hall–Kier alpha value is -0.420. The topological polar surface area (TPSA) is 26.3 Å². The van der Waals surface area contributed by atoms with Gasteiger partial charge in [0.15, 0.2) is 0 Å². The monoisotopic (exact) mass is 324 g/mol. The second-order valence-electron chi connectivity index (χ2n) is 2.57. The second kappa shape index (κ2) is 4.40. The number of halogens is 3. The third-order valence-corrected chi connectivity index (χ3v) is 2.53. The number of alkyl halides is 3. The zero-order valence-electron chi connectivity index (χ0n) is 7.26. The molecule has 0 amide bonds. The molecular weight excluding hydrogens is 319 g/mol. The van der Waals surface area contributed by atoms with Crippen LogP contribution in [0.3, 0.4) is 0 Å². The predicted octanol–water partition coefficient (Wildman–Crippen LogP) is 3.34. The van der Waals surface area contributed by atoms with Crippen LogP contribution in [0, 0.1) is 0 Å². The Morgan fingerprint density at radius 2 is 2.14 bits per heavy atom. The Kier molecular flexibility index (Phi) is 3.66. The van der Waals surface area contributed by atoms with Crippen LogP contribution < -0.4 is 0 Å². The van der Waals surface area contributed by atoms with Crippen molar-refractivity contribution < 1.29 is 13.9 Å². The van der Waals surface area contributed by atoms with E-state index in [0.717, 1.165) is 0 Å². The molecule has 1 aromatic rings. The molecule has 1 aromatic carbocycles. The highest BCUT2D eigenvalue weighted by molar-refractivity contribution is 9.24. The van der Waals surface area contributed by atoms with E-state index in [4.69, 9.17) is 0 Å². The van der Waals surface area contributed by atoms with Crippen LogP contribution in [0.5, 0.6) is 0 Å². The summed E-state index contributed by atoms with van der Waals surface area (Å²) >= 11 is 5.58. The zero-order chi connectivity index (χ0) is 10.8. The number of ether oxygens (including phenoxy) is 1. The van der Waals surface area contributed by atoms with E-state index in [0.29, 0.717) is 11.1 Å². The molecule has 76 valence electrons. The molecule has 0 fully saturated rings. The molecule has 0 aliphatic heterocycles. The van der Waals surface area contributed by atoms with Crippen molar-refractivity contribution in [1.82, 2.24) is 0 Å². The van der Waals surface area contributed by atoms with Gasteiger partial charge in [-0.1, -0.05) is 12.1 Å². The number of carbonyl (C=O) groups excluding carboxylic acids is 1. The minimum absolute atomic E-state index is 0.306. The maximum atomic E-state index is 13.3. The van der Waals surface area contributed by atoms with Crippen molar-refractivity contribution in [3.8, 4) is 0 Å². The minimum atomic E-state index is -1.82. The number of benzene rings is 1. The van der Waals surface area contributed by atoms with Crippen LogP contribution in [-0.2, 0) is 8.22 Å². The highest BCUT2D eigenvalue weighted by atomic mass is 79.9. The van der Waals surface area contributed by atoms with E-state index in [1.165, 1.54) is 13.2 Å². The molecule has 0 N–H and O–H groups in total. The summed E-state index contributed by atoms with van der Waals surface area (Å²) in [7, 11) is 1.28. The van der Waals surface area contributed by atoms with Crippen molar-refractivity contribution in [2.24, 2.45) is 0 Å². The van der Waals surface area contributed by atoms with Crippen molar-refractivity contribution in [3.63, 3.8) is 0 Å². The third kappa shape index (κ3) is 2.78. The van der Waals surface area contributed by atoms with Crippen molar-refractivity contribution in [2.75, 3.05) is 7.11 Å². The van der Waals surface area contributed by atoms with Gasteiger partial charge in [0, 0.05) is 5.56 Å². The van der Waals surface area contributed by atoms with Crippen LogP contribution >= 0.6 is 31.9 Å². The molecule has 0 spiro atoms. The van der Waals surface area contributed by atoms with Crippen LogP contribution in [0.1, 0.15) is 15.9 Å². The van der Waals surface area contributed by atoms with Gasteiger partial charge in [-0.05, 0) is 44.0 Å². The molecule has 2 nitrogen and oxygen atoms in total. The van der Waals surface area contributed by atoms with Gasteiger partial charge in [0.05, 0.1) is 12.7 Å². The minimum Gasteiger partial charge on any atom is -0.465 e. The number of hydrogen-bond donors (Lipinski definition) is 0. The number of hydrogen-bond acceptors (Lipinski definition) is 2. The molecule has 0 saturated carbocycles. The summed E-state index contributed by atoms with van der Waals surface area (Å²) in [5.74, 6) is -0.490. The van der Waals surface area contributed by atoms with Crippen LogP contribution in [0.25, 0.3) is 0 Å². The Morgan fingerprint density at radius 3 is 2.64 bits per heavy atom. The van der Waals surface area contributed by atoms with Gasteiger partial charge < -0.3 is 4.74 Å². The quantitative estimate of drug-likeness (QED) is 0.615. The average molecular weight is 326 g/mol. The van der Waals surface area contributed by atoms with E-state index < -0.39 is 9.46 Å². The SMILES string of the molecule is COC(=O)c1cccc(C(F)(Br)Br)c1. The molecule has 0 aliphatic carbocycles. The number of esters is 1. The van der Waals surface area contributed by atoms with E-state index in [2.05, 4.69) is 36.6 Å². The molecule has 1 rings (SSSR count). The highest BCUT2D eigenvalue weighted by Gasteiger charge is 2.24. The summed E-state index contributed by atoms with van der Waals surface area (Å²) < 4.78 is 16.0. The molecule has 0 aliphatic rings. The molecule has 5 heteroatoms. The summed E-state index contributed by atoms with van der Waals surface area (Å²) in [5, 5.41) is 0. The Labute approximate surface area is 97.7 Å².